The predicted molar refractivity (Wildman–Crippen MR) is 82.1 cm³/mol. The zero-order chi connectivity index (χ0) is 13.0. The molecule has 3 heteroatoms. The van der Waals surface area contributed by atoms with E-state index in [-0.39, 0.29) is 0 Å². The minimum Gasteiger partial charge on any atom is -0.384 e. The molecular formula is C15H23BrN2. The zero-order valence-electron chi connectivity index (χ0n) is 11.3. The first-order chi connectivity index (χ1) is 8.65. The molecule has 0 spiro atoms. The van der Waals surface area contributed by atoms with E-state index in [1.807, 2.05) is 0 Å². The van der Waals surface area contributed by atoms with Gasteiger partial charge in [-0.2, -0.15) is 0 Å². The molecule has 18 heavy (non-hydrogen) atoms. The number of rotatable bonds is 7. The van der Waals surface area contributed by atoms with Crippen molar-refractivity contribution in [2.24, 2.45) is 5.92 Å². The van der Waals surface area contributed by atoms with Crippen LogP contribution in [0.4, 0.5) is 5.69 Å². The molecule has 0 amide bonds. The molecule has 100 valence electrons. The summed E-state index contributed by atoms with van der Waals surface area (Å²) in [5.41, 5.74) is 1.20. The van der Waals surface area contributed by atoms with Crippen LogP contribution >= 0.6 is 15.9 Å². The van der Waals surface area contributed by atoms with E-state index in [2.05, 4.69) is 64.3 Å². The Bertz CT molecular complexity index is 357. The molecule has 1 aromatic carbocycles. The predicted octanol–water partition coefficient (Wildman–Crippen LogP) is 3.98. The van der Waals surface area contributed by atoms with E-state index >= 15 is 0 Å². The second kappa shape index (κ2) is 6.58. The van der Waals surface area contributed by atoms with E-state index in [4.69, 9.17) is 0 Å². The lowest BCUT2D eigenvalue weighted by Gasteiger charge is -2.26. The van der Waals surface area contributed by atoms with Gasteiger partial charge in [0.05, 0.1) is 0 Å². The zero-order valence-corrected chi connectivity index (χ0v) is 12.9. The average Bonchev–Trinajstić information content (AvgIpc) is 3.14. The fraction of sp³-hybridized carbons (Fsp3) is 0.600. The van der Waals surface area contributed by atoms with Gasteiger partial charge >= 0.3 is 0 Å². The van der Waals surface area contributed by atoms with Crippen molar-refractivity contribution in [2.75, 3.05) is 25.0 Å². The molecule has 0 bridgehead atoms. The summed E-state index contributed by atoms with van der Waals surface area (Å²) in [5.74, 6) is 0.972. The molecule has 2 rings (SSSR count). The first-order valence-corrected chi connectivity index (χ1v) is 7.68. The third kappa shape index (κ3) is 4.62. The van der Waals surface area contributed by atoms with Crippen LogP contribution in [0.1, 0.15) is 26.7 Å². The van der Waals surface area contributed by atoms with Crippen LogP contribution in [0.25, 0.3) is 0 Å². The van der Waals surface area contributed by atoms with Gasteiger partial charge in [-0.3, -0.25) is 4.90 Å². The van der Waals surface area contributed by atoms with Crippen molar-refractivity contribution in [1.29, 1.82) is 0 Å². The molecular weight excluding hydrogens is 288 g/mol. The fourth-order valence-electron chi connectivity index (χ4n) is 2.10. The van der Waals surface area contributed by atoms with Gasteiger partial charge in [0.1, 0.15) is 0 Å². The van der Waals surface area contributed by atoms with Crippen LogP contribution in [0.5, 0.6) is 0 Å². The van der Waals surface area contributed by atoms with E-state index in [9.17, 15) is 0 Å². The van der Waals surface area contributed by atoms with Gasteiger partial charge in [0, 0.05) is 35.8 Å². The van der Waals surface area contributed by atoms with Gasteiger partial charge in [-0.25, -0.2) is 0 Å². The summed E-state index contributed by atoms with van der Waals surface area (Å²) >= 11 is 3.45. The maximum atomic E-state index is 3.49. The Kier molecular flexibility index (Phi) is 5.07. The molecule has 1 aliphatic rings. The molecule has 0 saturated heterocycles. The van der Waals surface area contributed by atoms with Crippen molar-refractivity contribution < 1.29 is 0 Å². The Hall–Kier alpha value is -0.540. The second-order valence-corrected chi connectivity index (χ2v) is 6.38. The van der Waals surface area contributed by atoms with E-state index in [0.29, 0.717) is 6.04 Å². The van der Waals surface area contributed by atoms with Crippen molar-refractivity contribution >= 4 is 21.6 Å². The van der Waals surface area contributed by atoms with E-state index in [1.165, 1.54) is 25.1 Å². The smallest absolute Gasteiger partial charge is 0.0341 e. The highest BCUT2D eigenvalue weighted by molar-refractivity contribution is 9.10. The number of nitrogens with zero attached hydrogens (tertiary/aromatic N) is 1. The van der Waals surface area contributed by atoms with E-state index in [1.54, 1.807) is 0 Å². The molecule has 1 fully saturated rings. The van der Waals surface area contributed by atoms with Gasteiger partial charge in [0.25, 0.3) is 0 Å². The minimum absolute atomic E-state index is 0.650. The molecule has 0 radical (unpaired) electrons. The summed E-state index contributed by atoms with van der Waals surface area (Å²) in [6, 6.07) is 9.03. The largest absolute Gasteiger partial charge is 0.384 e. The summed E-state index contributed by atoms with van der Waals surface area (Å²) in [7, 11) is 0. The molecule has 1 aliphatic carbocycles. The van der Waals surface area contributed by atoms with Crippen molar-refractivity contribution in [1.82, 2.24) is 4.90 Å². The average molecular weight is 311 g/mol. The summed E-state index contributed by atoms with van der Waals surface area (Å²) in [6.07, 6.45) is 2.87. The molecule has 0 heterocycles. The standard InChI is InChI=1S/C15H23BrN2/c1-12(2)18(11-13-3-4-13)10-9-17-15-7-5-14(16)6-8-15/h5-8,12-13,17H,3-4,9-11H2,1-2H3. The van der Waals surface area contributed by atoms with Gasteiger partial charge < -0.3 is 5.32 Å². The van der Waals surface area contributed by atoms with Crippen LogP contribution in [0.3, 0.4) is 0 Å². The maximum absolute atomic E-state index is 3.49. The summed E-state index contributed by atoms with van der Waals surface area (Å²) < 4.78 is 1.13. The Balaban J connectivity index is 1.73. The van der Waals surface area contributed by atoms with Gasteiger partial charge in [0.2, 0.25) is 0 Å². The van der Waals surface area contributed by atoms with Crippen molar-refractivity contribution in [3.8, 4) is 0 Å². The van der Waals surface area contributed by atoms with E-state index < -0.39 is 0 Å². The van der Waals surface area contributed by atoms with Gasteiger partial charge in [0.15, 0.2) is 0 Å². The lowest BCUT2D eigenvalue weighted by Crippen LogP contribution is -2.36. The SMILES string of the molecule is CC(C)N(CCNc1ccc(Br)cc1)CC1CC1. The van der Waals surface area contributed by atoms with Gasteiger partial charge in [-0.05, 0) is 56.9 Å². The second-order valence-electron chi connectivity index (χ2n) is 5.47. The highest BCUT2D eigenvalue weighted by Gasteiger charge is 2.24. The number of halogens is 1. The quantitative estimate of drug-likeness (QED) is 0.819. The monoisotopic (exact) mass is 310 g/mol. The van der Waals surface area contributed by atoms with Crippen LogP contribution in [-0.4, -0.2) is 30.6 Å². The third-order valence-electron chi connectivity index (χ3n) is 3.49. The Morgan fingerprint density at radius 2 is 1.94 bits per heavy atom. The van der Waals surface area contributed by atoms with Crippen LogP contribution in [0, 0.1) is 5.92 Å². The Morgan fingerprint density at radius 1 is 1.28 bits per heavy atom. The molecule has 1 N–H and O–H groups in total. The van der Waals surface area contributed by atoms with Crippen LogP contribution < -0.4 is 5.32 Å². The first-order valence-electron chi connectivity index (χ1n) is 6.88. The lowest BCUT2D eigenvalue weighted by atomic mass is 10.2. The van der Waals surface area contributed by atoms with Gasteiger partial charge in [-0.1, -0.05) is 15.9 Å². The fourth-order valence-corrected chi connectivity index (χ4v) is 2.37. The normalized spacial score (nSPS) is 15.4. The minimum atomic E-state index is 0.650. The lowest BCUT2D eigenvalue weighted by molar-refractivity contribution is 0.221. The number of nitrogens with one attached hydrogen (secondary N) is 1. The highest BCUT2D eigenvalue weighted by Crippen LogP contribution is 2.30. The molecule has 1 aromatic rings. The maximum Gasteiger partial charge on any atom is 0.0341 e. The number of hydrogen-bond acceptors (Lipinski definition) is 2. The third-order valence-corrected chi connectivity index (χ3v) is 4.02. The van der Waals surface area contributed by atoms with Crippen molar-refractivity contribution in [3.05, 3.63) is 28.7 Å². The summed E-state index contributed by atoms with van der Waals surface area (Å²) in [4.78, 5) is 2.59. The first kappa shape index (κ1) is 13.9. The summed E-state index contributed by atoms with van der Waals surface area (Å²) in [6.45, 7) is 8.01. The molecule has 0 aliphatic heterocycles. The molecule has 1 saturated carbocycles. The Labute approximate surface area is 119 Å². The van der Waals surface area contributed by atoms with Crippen LogP contribution in [0.15, 0.2) is 28.7 Å². The van der Waals surface area contributed by atoms with E-state index in [0.717, 1.165) is 23.5 Å². The highest BCUT2D eigenvalue weighted by atomic mass is 79.9. The molecule has 0 unspecified atom stereocenters. The summed E-state index contributed by atoms with van der Waals surface area (Å²) in [5, 5.41) is 3.49. The molecule has 0 aromatic heterocycles. The molecule has 0 atom stereocenters. The number of anilines is 1. The number of benzene rings is 1. The van der Waals surface area contributed by atoms with Crippen molar-refractivity contribution in [2.45, 2.75) is 32.7 Å². The topological polar surface area (TPSA) is 15.3 Å². The van der Waals surface area contributed by atoms with Crippen LogP contribution in [0.2, 0.25) is 0 Å². The van der Waals surface area contributed by atoms with Crippen LogP contribution in [-0.2, 0) is 0 Å². The van der Waals surface area contributed by atoms with Gasteiger partial charge in [-0.15, -0.1) is 0 Å². The Morgan fingerprint density at radius 3 is 2.50 bits per heavy atom. The van der Waals surface area contributed by atoms with Crippen molar-refractivity contribution in [3.63, 3.8) is 0 Å². The number of hydrogen-bond donors (Lipinski definition) is 1. The molecule has 2 nitrogen and oxygen atoms in total.